The molecular weight excluding hydrogens is 304 g/mol. The summed E-state index contributed by atoms with van der Waals surface area (Å²) in [5.41, 5.74) is -0.602. The van der Waals surface area contributed by atoms with Crippen LogP contribution in [-0.2, 0) is 14.3 Å². The van der Waals surface area contributed by atoms with Crippen LogP contribution < -0.4 is 0 Å². The SMILES string of the molecule is O=C1OC(=O)[C@@H]2[C@@H]1[C@H]1C=C[C@H]2C12C[C@@H]2[C@@H]1CC(F)(F)C1(F)F. The van der Waals surface area contributed by atoms with Gasteiger partial charge in [0.25, 0.3) is 0 Å². The third kappa shape index (κ3) is 1.09. The molecule has 2 bridgehead atoms. The maximum absolute atomic E-state index is 13.7. The molecule has 4 fully saturated rings. The van der Waals surface area contributed by atoms with Gasteiger partial charge in [-0.1, -0.05) is 12.2 Å². The Bertz CT molecular complexity index is 625. The summed E-state index contributed by atoms with van der Waals surface area (Å²) >= 11 is 0. The second-order valence-corrected chi connectivity index (χ2v) is 7.29. The number of halogens is 4. The van der Waals surface area contributed by atoms with Crippen molar-refractivity contribution in [2.45, 2.75) is 24.7 Å². The first-order valence-electron chi connectivity index (χ1n) is 7.41. The summed E-state index contributed by atoms with van der Waals surface area (Å²) in [7, 11) is 0. The number of esters is 2. The lowest BCUT2D eigenvalue weighted by molar-refractivity contribution is -0.320. The van der Waals surface area contributed by atoms with Crippen LogP contribution >= 0.6 is 0 Å². The van der Waals surface area contributed by atoms with Crippen molar-refractivity contribution >= 4 is 11.9 Å². The van der Waals surface area contributed by atoms with Gasteiger partial charge in [-0.2, -0.15) is 17.6 Å². The van der Waals surface area contributed by atoms with Gasteiger partial charge in [0.1, 0.15) is 0 Å². The molecule has 6 atom stereocenters. The predicted molar refractivity (Wildman–Crippen MR) is 62.7 cm³/mol. The van der Waals surface area contributed by atoms with E-state index in [2.05, 4.69) is 4.74 Å². The topological polar surface area (TPSA) is 43.4 Å². The van der Waals surface area contributed by atoms with Crippen LogP contribution in [0.15, 0.2) is 12.2 Å². The number of carbonyl (C=O) groups excluding carboxylic acids is 2. The lowest BCUT2D eigenvalue weighted by atomic mass is 9.70. The van der Waals surface area contributed by atoms with Gasteiger partial charge in [-0.25, -0.2) is 0 Å². The van der Waals surface area contributed by atoms with E-state index in [0.717, 1.165) is 0 Å². The third-order valence-corrected chi connectivity index (χ3v) is 6.69. The van der Waals surface area contributed by atoms with Crippen LogP contribution in [0.4, 0.5) is 17.6 Å². The summed E-state index contributed by atoms with van der Waals surface area (Å²) in [4.78, 5) is 23.6. The summed E-state index contributed by atoms with van der Waals surface area (Å²) in [5, 5.41) is 0. The smallest absolute Gasteiger partial charge is 0.318 e. The van der Waals surface area contributed by atoms with E-state index in [1.165, 1.54) is 0 Å². The Labute approximate surface area is 122 Å². The van der Waals surface area contributed by atoms with E-state index in [4.69, 9.17) is 0 Å². The first-order valence-corrected chi connectivity index (χ1v) is 7.41. The zero-order chi connectivity index (χ0) is 15.7. The molecule has 0 N–H and O–H groups in total. The zero-order valence-electron chi connectivity index (χ0n) is 11.3. The predicted octanol–water partition coefficient (Wildman–Crippen LogP) is 2.41. The molecule has 3 saturated carbocycles. The van der Waals surface area contributed by atoms with Gasteiger partial charge in [0, 0.05) is 12.3 Å². The molecule has 22 heavy (non-hydrogen) atoms. The second-order valence-electron chi connectivity index (χ2n) is 7.29. The standard InChI is InChI=1S/C15H12F4O3/c16-14(17)4-8(15(14,18)19)7-3-13(7)5-1-2-6(13)10-9(5)11(20)22-12(10)21/h1-2,5-10H,3-4H2/t5-,6-,7-,8+,9+,10+/m1/s1. The molecule has 5 rings (SSSR count). The minimum atomic E-state index is -3.98. The van der Waals surface area contributed by atoms with Gasteiger partial charge in [0.05, 0.1) is 11.8 Å². The fraction of sp³-hybridized carbons (Fsp3) is 0.733. The number of ether oxygens (including phenoxy) is 1. The summed E-state index contributed by atoms with van der Waals surface area (Å²) in [5.74, 6) is -12.9. The molecule has 1 saturated heterocycles. The monoisotopic (exact) mass is 316 g/mol. The number of hydrogen-bond acceptors (Lipinski definition) is 3. The number of carbonyl (C=O) groups is 2. The molecule has 1 aliphatic heterocycles. The average molecular weight is 316 g/mol. The number of fused-ring (bicyclic) bond motifs is 3. The maximum atomic E-state index is 13.7. The first-order chi connectivity index (χ1) is 10.2. The lowest BCUT2D eigenvalue weighted by Gasteiger charge is -2.45. The quantitative estimate of drug-likeness (QED) is 0.323. The van der Waals surface area contributed by atoms with Crippen LogP contribution in [-0.4, -0.2) is 23.8 Å². The van der Waals surface area contributed by atoms with Crippen molar-refractivity contribution in [2.24, 2.45) is 40.9 Å². The molecule has 3 nitrogen and oxygen atoms in total. The van der Waals surface area contributed by atoms with Crippen molar-refractivity contribution in [3.05, 3.63) is 12.2 Å². The van der Waals surface area contributed by atoms with Crippen molar-refractivity contribution in [3.8, 4) is 0 Å². The zero-order valence-corrected chi connectivity index (χ0v) is 11.3. The number of hydrogen-bond donors (Lipinski definition) is 0. The summed E-state index contributed by atoms with van der Waals surface area (Å²) in [6.45, 7) is 0. The fourth-order valence-corrected chi connectivity index (χ4v) is 5.68. The Morgan fingerprint density at radius 3 is 1.91 bits per heavy atom. The van der Waals surface area contributed by atoms with Gasteiger partial charge in [0.2, 0.25) is 0 Å². The Balaban J connectivity index is 1.48. The Morgan fingerprint density at radius 2 is 1.45 bits per heavy atom. The highest BCUT2D eigenvalue weighted by Gasteiger charge is 2.84. The Kier molecular flexibility index (Phi) is 1.94. The average Bonchev–Trinajstić information content (AvgIpc) is 2.84. The molecule has 7 heteroatoms. The molecule has 0 aromatic carbocycles. The van der Waals surface area contributed by atoms with E-state index in [-0.39, 0.29) is 11.8 Å². The van der Waals surface area contributed by atoms with E-state index < -0.39 is 59.3 Å². The number of alkyl halides is 4. The molecule has 5 aliphatic rings. The molecule has 0 unspecified atom stereocenters. The lowest BCUT2D eigenvalue weighted by Crippen LogP contribution is -2.60. The highest BCUT2D eigenvalue weighted by molar-refractivity contribution is 5.98. The van der Waals surface area contributed by atoms with Gasteiger partial charge >= 0.3 is 23.8 Å². The van der Waals surface area contributed by atoms with Crippen LogP contribution in [0.1, 0.15) is 12.8 Å². The molecule has 0 aromatic heterocycles. The van der Waals surface area contributed by atoms with Crippen molar-refractivity contribution in [1.82, 2.24) is 0 Å². The molecule has 1 heterocycles. The Hall–Kier alpha value is -1.40. The highest BCUT2D eigenvalue weighted by Crippen LogP contribution is 2.81. The van der Waals surface area contributed by atoms with Crippen molar-refractivity contribution in [2.75, 3.05) is 0 Å². The van der Waals surface area contributed by atoms with Crippen LogP contribution in [0.25, 0.3) is 0 Å². The van der Waals surface area contributed by atoms with Crippen molar-refractivity contribution in [1.29, 1.82) is 0 Å². The summed E-state index contributed by atoms with van der Waals surface area (Å²) in [6.07, 6.45) is 3.17. The first kappa shape index (κ1) is 13.1. The number of cyclic esters (lactones) is 2. The van der Waals surface area contributed by atoms with Gasteiger partial charge in [-0.05, 0) is 29.6 Å². The minimum Gasteiger partial charge on any atom is -0.393 e. The van der Waals surface area contributed by atoms with Crippen LogP contribution in [0, 0.1) is 40.9 Å². The van der Waals surface area contributed by atoms with Gasteiger partial charge in [-0.3, -0.25) is 9.59 Å². The van der Waals surface area contributed by atoms with Crippen LogP contribution in [0.5, 0.6) is 0 Å². The summed E-state index contributed by atoms with van der Waals surface area (Å²) in [6, 6.07) is 0. The molecule has 118 valence electrons. The summed E-state index contributed by atoms with van der Waals surface area (Å²) < 4.78 is 58.2. The largest absolute Gasteiger partial charge is 0.393 e. The molecule has 4 aliphatic carbocycles. The maximum Gasteiger partial charge on any atom is 0.318 e. The van der Waals surface area contributed by atoms with Gasteiger partial charge in [0.15, 0.2) is 0 Å². The fourth-order valence-electron chi connectivity index (χ4n) is 5.68. The van der Waals surface area contributed by atoms with Crippen molar-refractivity contribution in [3.63, 3.8) is 0 Å². The van der Waals surface area contributed by atoms with Crippen molar-refractivity contribution < 1.29 is 31.9 Å². The Morgan fingerprint density at radius 1 is 0.909 bits per heavy atom. The van der Waals surface area contributed by atoms with E-state index in [1.54, 1.807) is 12.2 Å². The van der Waals surface area contributed by atoms with Gasteiger partial charge in [-0.15, -0.1) is 0 Å². The van der Waals surface area contributed by atoms with E-state index in [1.807, 2.05) is 0 Å². The third-order valence-electron chi connectivity index (χ3n) is 6.69. The van der Waals surface area contributed by atoms with E-state index >= 15 is 0 Å². The molecule has 1 spiro atoms. The van der Waals surface area contributed by atoms with Crippen LogP contribution in [0.2, 0.25) is 0 Å². The van der Waals surface area contributed by atoms with E-state index in [0.29, 0.717) is 6.42 Å². The normalized spacial score (nSPS) is 55.3. The number of allylic oxidation sites excluding steroid dienone is 2. The number of rotatable bonds is 1. The molecule has 0 aromatic rings. The van der Waals surface area contributed by atoms with Crippen LogP contribution in [0.3, 0.4) is 0 Å². The second kappa shape index (κ2) is 3.26. The molecule has 0 amide bonds. The van der Waals surface area contributed by atoms with E-state index in [9.17, 15) is 27.2 Å². The minimum absolute atomic E-state index is 0.323. The molecule has 0 radical (unpaired) electrons. The highest BCUT2D eigenvalue weighted by atomic mass is 19.3. The van der Waals surface area contributed by atoms with Gasteiger partial charge < -0.3 is 4.74 Å². The molecular formula is C15H12F4O3.